The lowest BCUT2D eigenvalue weighted by Gasteiger charge is -2.19. The Morgan fingerprint density at radius 2 is 1.74 bits per heavy atom. The molecule has 2 heterocycles. The fraction of sp³-hybridized carbons (Fsp3) is 0.100. The lowest BCUT2D eigenvalue weighted by atomic mass is 10.2. The van der Waals surface area contributed by atoms with E-state index < -0.39 is 0 Å². The molecule has 6 nitrogen and oxygen atoms in total. The molecule has 0 spiro atoms. The predicted molar refractivity (Wildman–Crippen MR) is 104 cm³/mol. The number of rotatable bonds is 4. The summed E-state index contributed by atoms with van der Waals surface area (Å²) in [6, 6.07) is 16.1. The number of hydrogen-bond acceptors (Lipinski definition) is 5. The Balaban J connectivity index is 1.43. The smallest absolute Gasteiger partial charge is 0.274 e. The van der Waals surface area contributed by atoms with Gasteiger partial charge in [0.15, 0.2) is 11.5 Å². The molecule has 0 saturated heterocycles. The van der Waals surface area contributed by atoms with Gasteiger partial charge in [-0.25, -0.2) is 4.98 Å². The van der Waals surface area contributed by atoms with E-state index >= 15 is 0 Å². The molecule has 0 aliphatic carbocycles. The normalized spacial score (nSPS) is 12.3. The molecule has 4 rings (SSSR count). The van der Waals surface area contributed by atoms with E-state index in [4.69, 9.17) is 21.1 Å². The molecule has 1 aromatic heterocycles. The van der Waals surface area contributed by atoms with Gasteiger partial charge in [-0.15, -0.1) is 0 Å². The van der Waals surface area contributed by atoms with Crippen molar-refractivity contribution in [3.8, 4) is 11.5 Å². The second kappa shape index (κ2) is 7.55. The van der Waals surface area contributed by atoms with Crippen LogP contribution in [0.5, 0.6) is 11.5 Å². The van der Waals surface area contributed by atoms with Gasteiger partial charge in [-0.3, -0.25) is 4.79 Å². The molecule has 0 atom stereocenters. The van der Waals surface area contributed by atoms with Crippen LogP contribution in [-0.2, 0) is 0 Å². The topological polar surface area (TPSA) is 72.5 Å². The van der Waals surface area contributed by atoms with Gasteiger partial charge in [-0.05, 0) is 42.5 Å². The third-order valence-electron chi connectivity index (χ3n) is 3.91. The number of fused-ring (bicyclic) bond motifs is 1. The molecular formula is C20H16ClN3O3. The Morgan fingerprint density at radius 3 is 2.52 bits per heavy atom. The Bertz CT molecular complexity index is 976. The highest BCUT2D eigenvalue weighted by atomic mass is 35.5. The third kappa shape index (κ3) is 4.12. The first kappa shape index (κ1) is 17.2. The lowest BCUT2D eigenvalue weighted by Crippen LogP contribution is -2.17. The van der Waals surface area contributed by atoms with Crippen LogP contribution in [0.3, 0.4) is 0 Å². The van der Waals surface area contributed by atoms with Crippen molar-refractivity contribution in [2.45, 2.75) is 0 Å². The van der Waals surface area contributed by atoms with Crippen molar-refractivity contribution in [2.24, 2.45) is 0 Å². The number of nitrogens with one attached hydrogen (secondary N) is 2. The summed E-state index contributed by atoms with van der Waals surface area (Å²) in [5, 5.41) is 6.64. The highest BCUT2D eigenvalue weighted by molar-refractivity contribution is 6.30. The zero-order valence-electron chi connectivity index (χ0n) is 14.2. The summed E-state index contributed by atoms with van der Waals surface area (Å²) in [5.41, 5.74) is 2.53. The molecule has 0 saturated carbocycles. The van der Waals surface area contributed by atoms with Gasteiger partial charge in [0.25, 0.3) is 5.91 Å². The van der Waals surface area contributed by atoms with Crippen LogP contribution in [0.25, 0.3) is 0 Å². The molecule has 27 heavy (non-hydrogen) atoms. The molecule has 2 N–H and O–H groups in total. The maximum absolute atomic E-state index is 12.4. The molecule has 1 aliphatic rings. The van der Waals surface area contributed by atoms with E-state index in [1.807, 2.05) is 18.2 Å². The van der Waals surface area contributed by atoms with Crippen LogP contribution in [0.4, 0.5) is 17.1 Å². The number of carbonyl (C=O) groups is 1. The summed E-state index contributed by atoms with van der Waals surface area (Å²) in [5.74, 6) is 0.989. The second-order valence-electron chi connectivity index (χ2n) is 5.88. The van der Waals surface area contributed by atoms with Crippen LogP contribution in [0.2, 0.25) is 5.02 Å². The fourth-order valence-electron chi connectivity index (χ4n) is 2.65. The highest BCUT2D eigenvalue weighted by Gasteiger charge is 2.14. The van der Waals surface area contributed by atoms with E-state index in [1.54, 1.807) is 42.6 Å². The maximum atomic E-state index is 12.4. The molecule has 136 valence electrons. The van der Waals surface area contributed by atoms with Crippen molar-refractivity contribution in [3.63, 3.8) is 0 Å². The SMILES string of the molecule is O=C(Nc1ccc2c(c1)OCCO2)c1ccc(Nc2cccc(Cl)c2)cn1. The molecule has 2 aromatic carbocycles. The second-order valence-corrected chi connectivity index (χ2v) is 6.32. The van der Waals surface area contributed by atoms with Gasteiger partial charge in [0.1, 0.15) is 18.9 Å². The molecule has 7 heteroatoms. The maximum Gasteiger partial charge on any atom is 0.274 e. The number of halogens is 1. The predicted octanol–water partition coefficient (Wildman–Crippen LogP) is 4.50. The number of pyridine rings is 1. The van der Waals surface area contributed by atoms with Crippen molar-refractivity contribution in [1.29, 1.82) is 0 Å². The van der Waals surface area contributed by atoms with Gasteiger partial charge in [-0.2, -0.15) is 0 Å². The standard InChI is InChI=1S/C20H16ClN3O3/c21-13-2-1-3-14(10-13)23-16-4-6-17(22-12-16)20(25)24-15-5-7-18-19(11-15)27-9-8-26-18/h1-7,10-12,23H,8-9H2,(H,24,25). The first-order valence-corrected chi connectivity index (χ1v) is 8.75. The van der Waals surface area contributed by atoms with Crippen LogP contribution in [0.1, 0.15) is 10.5 Å². The molecule has 1 amide bonds. The largest absolute Gasteiger partial charge is 0.486 e. The van der Waals surface area contributed by atoms with E-state index in [0.29, 0.717) is 41.1 Å². The molecule has 0 fully saturated rings. The van der Waals surface area contributed by atoms with Crippen LogP contribution < -0.4 is 20.1 Å². The van der Waals surface area contributed by atoms with Gasteiger partial charge >= 0.3 is 0 Å². The molecule has 0 radical (unpaired) electrons. The van der Waals surface area contributed by atoms with Gasteiger partial charge in [0.2, 0.25) is 0 Å². The van der Waals surface area contributed by atoms with E-state index in [-0.39, 0.29) is 5.91 Å². The number of nitrogens with zero attached hydrogens (tertiary/aromatic N) is 1. The van der Waals surface area contributed by atoms with Crippen LogP contribution in [0, 0.1) is 0 Å². The van der Waals surface area contributed by atoms with Crippen molar-refractivity contribution in [2.75, 3.05) is 23.8 Å². The molecule has 1 aliphatic heterocycles. The third-order valence-corrected chi connectivity index (χ3v) is 4.14. The summed E-state index contributed by atoms with van der Waals surface area (Å²) < 4.78 is 11.0. The summed E-state index contributed by atoms with van der Waals surface area (Å²) in [4.78, 5) is 16.6. The van der Waals surface area contributed by atoms with Crippen molar-refractivity contribution in [1.82, 2.24) is 4.98 Å². The first-order chi connectivity index (χ1) is 13.2. The molecule has 0 bridgehead atoms. The van der Waals surface area contributed by atoms with Crippen molar-refractivity contribution in [3.05, 3.63) is 71.5 Å². The summed E-state index contributed by atoms with van der Waals surface area (Å²) in [6.45, 7) is 1.02. The summed E-state index contributed by atoms with van der Waals surface area (Å²) in [7, 11) is 0. The number of carbonyl (C=O) groups excluding carboxylic acids is 1. The molecule has 0 unspecified atom stereocenters. The minimum absolute atomic E-state index is 0.305. The van der Waals surface area contributed by atoms with Gasteiger partial charge in [0, 0.05) is 22.5 Å². The van der Waals surface area contributed by atoms with Gasteiger partial charge in [0.05, 0.1) is 11.9 Å². The number of hydrogen-bond donors (Lipinski definition) is 2. The molecular weight excluding hydrogens is 366 g/mol. The van der Waals surface area contributed by atoms with E-state index in [1.165, 1.54) is 0 Å². The highest BCUT2D eigenvalue weighted by Crippen LogP contribution is 2.32. The lowest BCUT2D eigenvalue weighted by molar-refractivity contribution is 0.102. The minimum Gasteiger partial charge on any atom is -0.486 e. The van der Waals surface area contributed by atoms with Gasteiger partial charge < -0.3 is 20.1 Å². The Morgan fingerprint density at radius 1 is 0.926 bits per heavy atom. The van der Waals surface area contributed by atoms with E-state index in [2.05, 4.69) is 15.6 Å². The number of benzene rings is 2. The average Bonchev–Trinajstić information content (AvgIpc) is 2.68. The monoisotopic (exact) mass is 381 g/mol. The first-order valence-electron chi connectivity index (χ1n) is 8.37. The van der Waals surface area contributed by atoms with Crippen molar-refractivity contribution >= 4 is 34.6 Å². The number of ether oxygens (including phenoxy) is 2. The number of amides is 1. The summed E-state index contributed by atoms with van der Waals surface area (Å²) in [6.07, 6.45) is 1.60. The average molecular weight is 382 g/mol. The molecule has 3 aromatic rings. The zero-order valence-corrected chi connectivity index (χ0v) is 15.0. The van der Waals surface area contributed by atoms with Crippen LogP contribution >= 0.6 is 11.6 Å². The quantitative estimate of drug-likeness (QED) is 0.696. The summed E-state index contributed by atoms with van der Waals surface area (Å²) >= 11 is 5.97. The van der Waals surface area contributed by atoms with E-state index in [9.17, 15) is 4.79 Å². The van der Waals surface area contributed by atoms with Crippen molar-refractivity contribution < 1.29 is 14.3 Å². The Kier molecular flexibility index (Phi) is 4.80. The Labute approximate surface area is 161 Å². The number of anilines is 3. The van der Waals surface area contributed by atoms with E-state index in [0.717, 1.165) is 11.4 Å². The minimum atomic E-state index is -0.305. The van der Waals surface area contributed by atoms with Gasteiger partial charge in [-0.1, -0.05) is 17.7 Å². The van der Waals surface area contributed by atoms with Crippen LogP contribution in [0.15, 0.2) is 60.8 Å². The fourth-order valence-corrected chi connectivity index (χ4v) is 2.84. The number of aromatic nitrogens is 1. The Hall–Kier alpha value is -3.25. The van der Waals surface area contributed by atoms with Crippen LogP contribution in [-0.4, -0.2) is 24.1 Å². The zero-order chi connectivity index (χ0) is 18.6.